The molecule has 0 heterocycles. The molecule has 2 aromatic carbocycles. The normalized spacial score (nSPS) is 11.5. The Morgan fingerprint density at radius 2 is 1.32 bits per heavy atom. The van der Waals surface area contributed by atoms with E-state index in [1.165, 1.54) is 5.30 Å². The van der Waals surface area contributed by atoms with Crippen molar-refractivity contribution < 1.29 is 21.8 Å². The average molecular weight is 360 g/mol. The van der Waals surface area contributed by atoms with Gasteiger partial charge >= 0.3 is 0 Å². The first kappa shape index (κ1) is 21.4. The topological polar surface area (TPSA) is 9.23 Å². The SMILES string of the molecule is CO[c-]1cccc1P(C(C)(C)C)C(C)(C)C.[Fe].[cH-]1[cH-][cH-][cH-][cH-]1. The fourth-order valence-electron chi connectivity index (χ4n) is 2.80. The quantitative estimate of drug-likeness (QED) is 0.389. The van der Waals surface area contributed by atoms with Crippen LogP contribution in [0.2, 0.25) is 0 Å². The molecule has 130 valence electrons. The molecule has 3 heteroatoms. The zero-order valence-corrected chi connectivity index (χ0v) is 16.8. The summed E-state index contributed by atoms with van der Waals surface area (Å²) >= 11 is 0. The van der Waals surface area contributed by atoms with Crippen molar-refractivity contribution in [1.82, 2.24) is 0 Å². The van der Waals surface area contributed by atoms with E-state index in [4.69, 9.17) is 4.74 Å². The Morgan fingerprint density at radius 3 is 1.64 bits per heavy atom. The summed E-state index contributed by atoms with van der Waals surface area (Å²) in [5, 5.41) is 2.00. The molecule has 2 aromatic rings. The second-order valence-corrected chi connectivity index (χ2v) is 11.0. The first-order valence-electron chi connectivity index (χ1n) is 7.44. The van der Waals surface area contributed by atoms with E-state index < -0.39 is 0 Å². The third-order valence-electron chi connectivity index (χ3n) is 3.11. The van der Waals surface area contributed by atoms with Crippen molar-refractivity contribution in [3.8, 4) is 5.75 Å². The monoisotopic (exact) mass is 360 g/mol. The van der Waals surface area contributed by atoms with Crippen LogP contribution in [0.25, 0.3) is 0 Å². The molecule has 0 saturated heterocycles. The average Bonchev–Trinajstić information content (AvgIpc) is 2.98. The number of hydrogen-bond acceptors (Lipinski definition) is 1. The van der Waals surface area contributed by atoms with Gasteiger partial charge in [0.15, 0.2) is 0 Å². The summed E-state index contributed by atoms with van der Waals surface area (Å²) in [6, 6.07) is 16.4. The van der Waals surface area contributed by atoms with Crippen LogP contribution >= 0.6 is 7.92 Å². The van der Waals surface area contributed by atoms with E-state index >= 15 is 0 Å². The summed E-state index contributed by atoms with van der Waals surface area (Å²) in [6.07, 6.45) is 0. The van der Waals surface area contributed by atoms with Gasteiger partial charge in [-0.15, -0.1) is 11.4 Å². The minimum Gasteiger partial charge on any atom is -0.748 e. The van der Waals surface area contributed by atoms with E-state index in [9.17, 15) is 0 Å². The third-order valence-corrected chi connectivity index (χ3v) is 6.65. The van der Waals surface area contributed by atoms with Crippen LogP contribution < -0.4 is 10.0 Å². The Hall–Kier alpha value is -0.551. The van der Waals surface area contributed by atoms with Crippen molar-refractivity contribution in [3.05, 3.63) is 48.5 Å². The van der Waals surface area contributed by atoms with Crippen molar-refractivity contribution in [2.45, 2.75) is 51.9 Å². The number of methoxy groups -OCH3 is 1. The van der Waals surface area contributed by atoms with Crippen LogP contribution in [0.4, 0.5) is 0 Å². The molecule has 0 bridgehead atoms. The van der Waals surface area contributed by atoms with E-state index in [0.29, 0.717) is 10.3 Å². The largest absolute Gasteiger partial charge is 0.748 e. The van der Waals surface area contributed by atoms with E-state index in [-0.39, 0.29) is 25.0 Å². The Balaban J connectivity index is 0.000000622. The zero-order valence-electron chi connectivity index (χ0n) is 14.8. The molecule has 0 N–H and O–H groups in total. The Labute approximate surface area is 148 Å². The van der Waals surface area contributed by atoms with Crippen molar-refractivity contribution in [2.75, 3.05) is 7.11 Å². The molecular weight excluding hydrogens is 331 g/mol. The fourth-order valence-corrected chi connectivity index (χ4v) is 6.88. The van der Waals surface area contributed by atoms with Gasteiger partial charge in [0.05, 0.1) is 7.11 Å². The third kappa shape index (κ3) is 6.29. The zero-order chi connectivity index (χ0) is 16.1. The molecular formula is C19H29FeOP-6. The molecule has 2 rings (SSSR count). The molecule has 1 nitrogen and oxygen atoms in total. The second kappa shape index (κ2) is 8.92. The molecule has 0 spiro atoms. The molecule has 0 radical (unpaired) electrons. The van der Waals surface area contributed by atoms with Crippen LogP contribution in [-0.2, 0) is 17.1 Å². The number of rotatable bonds is 2. The number of ether oxygens (including phenoxy) is 1. The molecule has 0 saturated carbocycles. The Morgan fingerprint density at radius 1 is 0.909 bits per heavy atom. The predicted octanol–water partition coefficient (Wildman–Crippen LogP) is 5.52. The molecule has 0 unspecified atom stereocenters. The van der Waals surface area contributed by atoms with Crippen LogP contribution in [0, 0.1) is 0 Å². The van der Waals surface area contributed by atoms with Gasteiger partial charge in [0.1, 0.15) is 0 Å². The first-order chi connectivity index (χ1) is 9.68. The molecule has 0 aromatic heterocycles. The van der Waals surface area contributed by atoms with Crippen LogP contribution in [0.5, 0.6) is 5.75 Å². The van der Waals surface area contributed by atoms with Crippen LogP contribution in [0.15, 0.2) is 48.5 Å². The molecule has 0 aliphatic carbocycles. The Bertz CT molecular complexity index is 469. The maximum Gasteiger partial charge on any atom is 0.0607 e. The van der Waals surface area contributed by atoms with Gasteiger partial charge in [0.2, 0.25) is 0 Å². The number of hydrogen-bond donors (Lipinski definition) is 0. The van der Waals surface area contributed by atoms with Gasteiger partial charge in [-0.3, -0.25) is 0 Å². The van der Waals surface area contributed by atoms with Crippen LogP contribution in [0.1, 0.15) is 41.5 Å². The summed E-state index contributed by atoms with van der Waals surface area (Å²) < 4.78 is 5.47. The Kier molecular flexibility index (Phi) is 8.70. The standard InChI is InChI=1S/C14H24OP.C5H5.Fe/c1-13(2,3)16(14(4,5)6)12-10-8-9-11(12)15-7;1-2-4-5-3-1;/h8-10H,1-7H3;1-5H;/q-1;-5;. The fraction of sp³-hybridized carbons (Fsp3) is 0.474. The summed E-state index contributed by atoms with van der Waals surface area (Å²) in [6.45, 7) is 14.0. The molecule has 0 aliphatic heterocycles. The predicted molar refractivity (Wildman–Crippen MR) is 96.7 cm³/mol. The van der Waals surface area contributed by atoms with E-state index in [1.807, 2.05) is 30.3 Å². The summed E-state index contributed by atoms with van der Waals surface area (Å²) in [5.74, 6) is 1.05. The van der Waals surface area contributed by atoms with Gasteiger partial charge in [-0.05, 0) is 10.3 Å². The minimum atomic E-state index is -0.252. The van der Waals surface area contributed by atoms with E-state index in [2.05, 4.69) is 59.7 Å². The van der Waals surface area contributed by atoms with E-state index in [1.54, 1.807) is 7.11 Å². The first-order valence-corrected chi connectivity index (χ1v) is 8.79. The summed E-state index contributed by atoms with van der Waals surface area (Å²) in [5.41, 5.74) is 0. The van der Waals surface area contributed by atoms with E-state index in [0.717, 1.165) is 5.75 Å². The van der Waals surface area contributed by atoms with Gasteiger partial charge in [-0.25, -0.2) is 12.1 Å². The van der Waals surface area contributed by atoms with Crippen molar-refractivity contribution in [2.24, 2.45) is 0 Å². The van der Waals surface area contributed by atoms with Gasteiger partial charge in [0, 0.05) is 22.8 Å². The summed E-state index contributed by atoms with van der Waals surface area (Å²) in [4.78, 5) is 0. The second-order valence-electron chi connectivity index (χ2n) is 7.12. The molecule has 0 atom stereocenters. The van der Waals surface area contributed by atoms with Crippen molar-refractivity contribution in [1.29, 1.82) is 0 Å². The maximum absolute atomic E-state index is 5.47. The maximum atomic E-state index is 5.47. The smallest absolute Gasteiger partial charge is 0.0607 e. The van der Waals surface area contributed by atoms with Crippen LogP contribution in [0.3, 0.4) is 0 Å². The van der Waals surface area contributed by atoms with Gasteiger partial charge < -0.3 is 35.1 Å². The van der Waals surface area contributed by atoms with Crippen molar-refractivity contribution >= 4 is 13.2 Å². The van der Waals surface area contributed by atoms with Crippen LogP contribution in [-0.4, -0.2) is 17.4 Å². The minimum absolute atomic E-state index is 0. The molecule has 0 aliphatic rings. The van der Waals surface area contributed by atoms with Gasteiger partial charge in [-0.2, -0.15) is 0 Å². The van der Waals surface area contributed by atoms with Gasteiger partial charge in [-0.1, -0.05) is 49.5 Å². The molecule has 22 heavy (non-hydrogen) atoms. The summed E-state index contributed by atoms with van der Waals surface area (Å²) in [7, 11) is 1.51. The molecule has 0 amide bonds. The molecule has 0 fully saturated rings. The van der Waals surface area contributed by atoms with Gasteiger partial charge in [0.25, 0.3) is 0 Å². The van der Waals surface area contributed by atoms with Crippen molar-refractivity contribution in [3.63, 3.8) is 0 Å².